The summed E-state index contributed by atoms with van der Waals surface area (Å²) in [4.78, 5) is 0.653. The topological polar surface area (TPSA) is 0 Å². The number of hydrogen-bond acceptors (Lipinski definition) is 1. The van der Waals surface area contributed by atoms with E-state index < -0.39 is 0 Å². The molecule has 0 aliphatic carbocycles. The lowest BCUT2D eigenvalue weighted by atomic mass is 10.4. The second-order valence-electron chi connectivity index (χ2n) is 1.82. The van der Waals surface area contributed by atoms with Crippen LogP contribution < -0.4 is 0 Å². The fourth-order valence-electron chi connectivity index (χ4n) is 0.557. The Morgan fingerprint density at radius 1 is 1.09 bits per heavy atom. The van der Waals surface area contributed by atoms with E-state index in [1.807, 2.05) is 0 Å². The molecule has 5 heteroatoms. The van der Waals surface area contributed by atoms with E-state index in [0.717, 1.165) is 8.95 Å². The first kappa shape index (κ1) is 10.2. The Morgan fingerprint density at radius 3 is 2.18 bits per heavy atom. The SMILES string of the molecule is Sc1c(Br)cc(Br)c(Cl)c1Cl. The summed E-state index contributed by atoms with van der Waals surface area (Å²) in [7, 11) is 0. The molecule has 1 aromatic rings. The van der Waals surface area contributed by atoms with Crippen LogP contribution in [0.25, 0.3) is 0 Å². The van der Waals surface area contributed by atoms with Gasteiger partial charge < -0.3 is 0 Å². The molecular weight excluding hydrogens is 335 g/mol. The Labute approximate surface area is 96.9 Å². The van der Waals surface area contributed by atoms with E-state index >= 15 is 0 Å². The molecule has 0 aliphatic rings. The molecule has 0 saturated carbocycles. The van der Waals surface area contributed by atoms with Crippen molar-refractivity contribution in [2.75, 3.05) is 0 Å². The van der Waals surface area contributed by atoms with Gasteiger partial charge in [-0.1, -0.05) is 23.2 Å². The molecule has 11 heavy (non-hydrogen) atoms. The third-order valence-electron chi connectivity index (χ3n) is 1.09. The summed E-state index contributed by atoms with van der Waals surface area (Å²) in [6.07, 6.45) is 0. The molecular formula is C6H2Br2Cl2S. The normalized spacial score (nSPS) is 10.3. The first-order valence-corrected chi connectivity index (χ1v) is 5.35. The van der Waals surface area contributed by atoms with E-state index in [-0.39, 0.29) is 0 Å². The monoisotopic (exact) mass is 334 g/mol. The first-order valence-electron chi connectivity index (χ1n) is 2.56. The fourth-order valence-corrected chi connectivity index (χ4v) is 2.54. The number of rotatable bonds is 0. The highest BCUT2D eigenvalue weighted by Crippen LogP contribution is 2.39. The van der Waals surface area contributed by atoms with Crippen LogP contribution in [0.3, 0.4) is 0 Å². The highest BCUT2D eigenvalue weighted by atomic mass is 79.9. The summed E-state index contributed by atoms with van der Waals surface area (Å²) < 4.78 is 1.58. The summed E-state index contributed by atoms with van der Waals surface area (Å²) in [6, 6.07) is 1.80. The molecule has 0 unspecified atom stereocenters. The van der Waals surface area contributed by atoms with E-state index in [1.54, 1.807) is 6.07 Å². The Kier molecular flexibility index (Phi) is 3.59. The van der Waals surface area contributed by atoms with Gasteiger partial charge in [-0.05, 0) is 37.9 Å². The zero-order valence-electron chi connectivity index (χ0n) is 5.04. The van der Waals surface area contributed by atoms with E-state index in [1.165, 1.54) is 0 Å². The van der Waals surface area contributed by atoms with Crippen LogP contribution in [0.1, 0.15) is 0 Å². The van der Waals surface area contributed by atoms with Crippen molar-refractivity contribution in [3.8, 4) is 0 Å². The zero-order valence-corrected chi connectivity index (χ0v) is 10.6. The summed E-state index contributed by atoms with van der Waals surface area (Å²) in [5.74, 6) is 0. The minimum absolute atomic E-state index is 0.455. The molecule has 0 fully saturated rings. The van der Waals surface area contributed by atoms with Crippen molar-refractivity contribution in [1.29, 1.82) is 0 Å². The number of thiol groups is 1. The van der Waals surface area contributed by atoms with Crippen LogP contribution in [0.15, 0.2) is 19.9 Å². The lowest BCUT2D eigenvalue weighted by molar-refractivity contribution is 1.40. The van der Waals surface area contributed by atoms with Gasteiger partial charge in [-0.15, -0.1) is 12.6 Å². The van der Waals surface area contributed by atoms with Crippen molar-refractivity contribution in [2.45, 2.75) is 4.90 Å². The molecule has 0 radical (unpaired) electrons. The summed E-state index contributed by atoms with van der Waals surface area (Å²) in [6.45, 7) is 0. The van der Waals surface area contributed by atoms with Gasteiger partial charge in [0.15, 0.2) is 0 Å². The summed E-state index contributed by atoms with van der Waals surface area (Å²) >= 11 is 22.3. The molecule has 0 saturated heterocycles. The first-order chi connectivity index (χ1) is 5.04. The molecule has 0 atom stereocenters. The fraction of sp³-hybridized carbons (Fsp3) is 0. The maximum absolute atomic E-state index is 5.82. The maximum Gasteiger partial charge on any atom is 0.0748 e. The average molecular weight is 337 g/mol. The van der Waals surface area contributed by atoms with Gasteiger partial charge in [0.25, 0.3) is 0 Å². The molecule has 0 heterocycles. The molecule has 0 amide bonds. The second kappa shape index (κ2) is 3.88. The van der Waals surface area contributed by atoms with E-state index in [4.69, 9.17) is 23.2 Å². The molecule has 60 valence electrons. The van der Waals surface area contributed by atoms with Crippen LogP contribution in [0, 0.1) is 0 Å². The molecule has 0 N–H and O–H groups in total. The number of halogens is 4. The van der Waals surface area contributed by atoms with Gasteiger partial charge in [-0.25, -0.2) is 0 Å². The standard InChI is InChI=1S/C6H2Br2Cl2S/c7-2-1-3(8)6(11)5(10)4(2)9/h1,11H. The lowest BCUT2D eigenvalue weighted by Gasteiger charge is -2.03. The van der Waals surface area contributed by atoms with Crippen LogP contribution in [0.5, 0.6) is 0 Å². The van der Waals surface area contributed by atoms with Crippen LogP contribution >= 0.6 is 67.7 Å². The largest absolute Gasteiger partial charge is 0.141 e. The minimum atomic E-state index is 0.455. The van der Waals surface area contributed by atoms with Gasteiger partial charge >= 0.3 is 0 Å². The van der Waals surface area contributed by atoms with Gasteiger partial charge in [0.05, 0.1) is 10.0 Å². The van der Waals surface area contributed by atoms with Gasteiger partial charge in [0, 0.05) is 13.8 Å². The molecule has 0 nitrogen and oxygen atoms in total. The van der Waals surface area contributed by atoms with Crippen molar-refractivity contribution in [3.63, 3.8) is 0 Å². The van der Waals surface area contributed by atoms with Crippen molar-refractivity contribution in [2.24, 2.45) is 0 Å². The highest BCUT2D eigenvalue weighted by molar-refractivity contribution is 9.11. The quantitative estimate of drug-likeness (QED) is 0.392. The van der Waals surface area contributed by atoms with Gasteiger partial charge in [-0.3, -0.25) is 0 Å². The maximum atomic E-state index is 5.82. The average Bonchev–Trinajstić information content (AvgIpc) is 1.97. The highest BCUT2D eigenvalue weighted by Gasteiger charge is 2.09. The van der Waals surface area contributed by atoms with E-state index in [2.05, 4.69) is 44.5 Å². The molecule has 1 aromatic carbocycles. The third kappa shape index (κ3) is 2.07. The lowest BCUT2D eigenvalue weighted by Crippen LogP contribution is -1.77. The van der Waals surface area contributed by atoms with E-state index in [9.17, 15) is 0 Å². The summed E-state index contributed by atoms with van der Waals surface area (Å²) in [5, 5.41) is 0.941. The molecule has 0 aromatic heterocycles. The van der Waals surface area contributed by atoms with Crippen molar-refractivity contribution < 1.29 is 0 Å². The van der Waals surface area contributed by atoms with E-state index in [0.29, 0.717) is 14.9 Å². The van der Waals surface area contributed by atoms with Crippen LogP contribution in [0.4, 0.5) is 0 Å². The molecule has 0 bridgehead atoms. The van der Waals surface area contributed by atoms with Crippen LogP contribution in [0.2, 0.25) is 10.0 Å². The Hall–Kier alpha value is 1.11. The van der Waals surface area contributed by atoms with Crippen LogP contribution in [-0.4, -0.2) is 0 Å². The van der Waals surface area contributed by atoms with Gasteiger partial charge in [0.2, 0.25) is 0 Å². The molecule has 0 spiro atoms. The van der Waals surface area contributed by atoms with Crippen molar-refractivity contribution in [1.82, 2.24) is 0 Å². The van der Waals surface area contributed by atoms with Gasteiger partial charge in [-0.2, -0.15) is 0 Å². The number of benzene rings is 1. The Balaban J connectivity index is 3.46. The smallest absolute Gasteiger partial charge is 0.0748 e. The molecule has 1 rings (SSSR count). The second-order valence-corrected chi connectivity index (χ2v) is 4.73. The van der Waals surface area contributed by atoms with Gasteiger partial charge in [0.1, 0.15) is 0 Å². The van der Waals surface area contributed by atoms with Crippen molar-refractivity contribution >= 4 is 67.7 Å². The summed E-state index contributed by atoms with van der Waals surface area (Å²) in [5.41, 5.74) is 0. The predicted molar refractivity (Wildman–Crippen MR) is 59.1 cm³/mol. The third-order valence-corrected chi connectivity index (χ3v) is 4.34. The molecule has 0 aliphatic heterocycles. The Morgan fingerprint density at radius 2 is 1.64 bits per heavy atom. The number of hydrogen-bond donors (Lipinski definition) is 1. The van der Waals surface area contributed by atoms with Crippen molar-refractivity contribution in [3.05, 3.63) is 25.1 Å². The van der Waals surface area contributed by atoms with Crippen LogP contribution in [-0.2, 0) is 0 Å². The Bertz CT molecular complexity index is 275. The predicted octanol–water partition coefficient (Wildman–Crippen LogP) is 4.81. The minimum Gasteiger partial charge on any atom is -0.141 e. The zero-order chi connectivity index (χ0) is 8.59.